The van der Waals surface area contributed by atoms with Crippen molar-refractivity contribution in [2.24, 2.45) is 0 Å². The van der Waals surface area contributed by atoms with E-state index < -0.39 is 0 Å². The summed E-state index contributed by atoms with van der Waals surface area (Å²) in [6, 6.07) is 13.6. The zero-order valence-electron chi connectivity index (χ0n) is 12.8. The van der Waals surface area contributed by atoms with Crippen molar-refractivity contribution in [1.29, 1.82) is 0 Å². The molecular weight excluding hydrogens is 288 g/mol. The molecule has 2 heterocycles. The second kappa shape index (κ2) is 6.83. The number of aromatic nitrogens is 2. The molecule has 4 heteroatoms. The molecular formula is C19H16N2O2. The summed E-state index contributed by atoms with van der Waals surface area (Å²) < 4.78 is 4.94. The molecule has 0 spiro atoms. The van der Waals surface area contributed by atoms with Gasteiger partial charge in [-0.1, -0.05) is 18.2 Å². The Labute approximate surface area is 134 Å². The molecule has 3 aromatic rings. The van der Waals surface area contributed by atoms with E-state index in [1.165, 1.54) is 6.08 Å². The van der Waals surface area contributed by atoms with Crippen molar-refractivity contribution in [3.63, 3.8) is 0 Å². The van der Waals surface area contributed by atoms with Crippen LogP contribution in [0.1, 0.15) is 12.5 Å². The first-order valence-corrected chi connectivity index (χ1v) is 7.43. The molecule has 0 atom stereocenters. The molecule has 4 nitrogen and oxygen atoms in total. The van der Waals surface area contributed by atoms with Crippen molar-refractivity contribution in [2.75, 3.05) is 6.61 Å². The maximum Gasteiger partial charge on any atom is 0.330 e. The van der Waals surface area contributed by atoms with Crippen molar-refractivity contribution in [3.05, 3.63) is 66.5 Å². The Morgan fingerprint density at radius 3 is 2.74 bits per heavy atom. The summed E-state index contributed by atoms with van der Waals surface area (Å²) in [6.07, 6.45) is 6.69. The van der Waals surface area contributed by atoms with Crippen molar-refractivity contribution >= 4 is 22.9 Å². The van der Waals surface area contributed by atoms with E-state index in [0.717, 1.165) is 27.7 Å². The van der Waals surface area contributed by atoms with Gasteiger partial charge in [0.15, 0.2) is 0 Å². The van der Waals surface area contributed by atoms with Gasteiger partial charge in [-0.15, -0.1) is 0 Å². The highest BCUT2D eigenvalue weighted by Crippen LogP contribution is 2.25. The van der Waals surface area contributed by atoms with E-state index in [-0.39, 0.29) is 5.97 Å². The Morgan fingerprint density at radius 1 is 1.17 bits per heavy atom. The maximum absolute atomic E-state index is 11.6. The van der Waals surface area contributed by atoms with Gasteiger partial charge in [-0.05, 0) is 42.8 Å². The van der Waals surface area contributed by atoms with Crippen LogP contribution in [-0.4, -0.2) is 22.5 Å². The highest BCUT2D eigenvalue weighted by molar-refractivity contribution is 5.94. The number of fused-ring (bicyclic) bond motifs is 1. The Bertz CT molecular complexity index is 858. The Balaban J connectivity index is 2.10. The van der Waals surface area contributed by atoms with Crippen LogP contribution >= 0.6 is 0 Å². The first-order chi connectivity index (χ1) is 11.3. The number of esters is 1. The SMILES string of the molecule is CCOC(=O)C=Cc1cc(-c2ccncc2)nc2ccccc12. The van der Waals surface area contributed by atoms with Gasteiger partial charge in [-0.2, -0.15) is 0 Å². The molecule has 0 amide bonds. The monoisotopic (exact) mass is 304 g/mol. The summed E-state index contributed by atoms with van der Waals surface area (Å²) in [4.78, 5) is 20.3. The van der Waals surface area contributed by atoms with Gasteiger partial charge in [-0.25, -0.2) is 9.78 Å². The number of para-hydroxylation sites is 1. The molecule has 0 N–H and O–H groups in total. The zero-order chi connectivity index (χ0) is 16.1. The van der Waals surface area contributed by atoms with E-state index in [1.54, 1.807) is 25.4 Å². The fourth-order valence-corrected chi connectivity index (χ4v) is 2.36. The van der Waals surface area contributed by atoms with E-state index in [4.69, 9.17) is 9.72 Å². The molecule has 0 bridgehead atoms. The molecule has 0 saturated heterocycles. The van der Waals surface area contributed by atoms with E-state index in [0.29, 0.717) is 6.61 Å². The minimum atomic E-state index is -0.348. The molecule has 0 aliphatic heterocycles. The number of hydrogen-bond acceptors (Lipinski definition) is 4. The summed E-state index contributed by atoms with van der Waals surface area (Å²) in [7, 11) is 0. The Morgan fingerprint density at radius 2 is 1.96 bits per heavy atom. The molecule has 0 aliphatic rings. The largest absolute Gasteiger partial charge is 0.463 e. The van der Waals surface area contributed by atoms with Crippen LogP contribution in [0, 0.1) is 0 Å². The fraction of sp³-hybridized carbons (Fsp3) is 0.105. The van der Waals surface area contributed by atoms with E-state index in [9.17, 15) is 4.79 Å². The van der Waals surface area contributed by atoms with Crippen LogP contribution in [0.5, 0.6) is 0 Å². The first-order valence-electron chi connectivity index (χ1n) is 7.43. The number of carbonyl (C=O) groups is 1. The van der Waals surface area contributed by atoms with Crippen molar-refractivity contribution < 1.29 is 9.53 Å². The van der Waals surface area contributed by atoms with Crippen LogP contribution in [-0.2, 0) is 9.53 Å². The summed E-state index contributed by atoms with van der Waals surface area (Å²) >= 11 is 0. The third-order valence-corrected chi connectivity index (χ3v) is 3.41. The smallest absolute Gasteiger partial charge is 0.330 e. The molecule has 23 heavy (non-hydrogen) atoms. The molecule has 1 aromatic carbocycles. The van der Waals surface area contributed by atoms with Crippen LogP contribution in [0.4, 0.5) is 0 Å². The minimum Gasteiger partial charge on any atom is -0.463 e. The van der Waals surface area contributed by atoms with Gasteiger partial charge in [0.2, 0.25) is 0 Å². The second-order valence-corrected chi connectivity index (χ2v) is 4.94. The Hall–Kier alpha value is -3.01. The summed E-state index contributed by atoms with van der Waals surface area (Å²) in [5, 5.41) is 0.992. The van der Waals surface area contributed by atoms with Gasteiger partial charge >= 0.3 is 5.97 Å². The standard InChI is InChI=1S/C19H16N2O2/c1-2-23-19(22)8-7-15-13-18(14-9-11-20-12-10-14)21-17-6-4-3-5-16(15)17/h3-13H,2H2,1H3. The lowest BCUT2D eigenvalue weighted by Crippen LogP contribution is -1.98. The third-order valence-electron chi connectivity index (χ3n) is 3.41. The molecule has 0 fully saturated rings. The summed E-state index contributed by atoms with van der Waals surface area (Å²) in [5.41, 5.74) is 3.63. The second-order valence-electron chi connectivity index (χ2n) is 4.94. The lowest BCUT2D eigenvalue weighted by Gasteiger charge is -2.07. The van der Waals surface area contributed by atoms with E-state index in [1.807, 2.05) is 42.5 Å². The Kier molecular flexibility index (Phi) is 4.43. The molecule has 3 rings (SSSR count). The summed E-state index contributed by atoms with van der Waals surface area (Å²) in [5.74, 6) is -0.348. The van der Waals surface area contributed by atoms with Gasteiger partial charge in [-0.3, -0.25) is 4.98 Å². The molecule has 0 aliphatic carbocycles. The van der Waals surface area contributed by atoms with Crippen LogP contribution in [0.2, 0.25) is 0 Å². The average Bonchev–Trinajstić information content (AvgIpc) is 2.60. The quantitative estimate of drug-likeness (QED) is 0.542. The van der Waals surface area contributed by atoms with Gasteiger partial charge in [0.25, 0.3) is 0 Å². The first kappa shape index (κ1) is 14.9. The third kappa shape index (κ3) is 3.43. The molecule has 0 unspecified atom stereocenters. The number of hydrogen-bond donors (Lipinski definition) is 0. The average molecular weight is 304 g/mol. The molecule has 0 saturated carbocycles. The molecule has 0 radical (unpaired) electrons. The minimum absolute atomic E-state index is 0.348. The number of nitrogens with zero attached hydrogens (tertiary/aromatic N) is 2. The fourth-order valence-electron chi connectivity index (χ4n) is 2.36. The van der Waals surface area contributed by atoms with Gasteiger partial charge < -0.3 is 4.74 Å². The maximum atomic E-state index is 11.6. The molecule has 114 valence electrons. The van der Waals surface area contributed by atoms with Crippen LogP contribution in [0.25, 0.3) is 28.2 Å². The van der Waals surface area contributed by atoms with Crippen molar-refractivity contribution in [3.8, 4) is 11.3 Å². The highest BCUT2D eigenvalue weighted by atomic mass is 16.5. The number of carbonyl (C=O) groups excluding carboxylic acids is 1. The van der Waals surface area contributed by atoms with Gasteiger partial charge in [0, 0.05) is 29.4 Å². The van der Waals surface area contributed by atoms with Crippen molar-refractivity contribution in [2.45, 2.75) is 6.92 Å². The number of benzene rings is 1. The van der Waals surface area contributed by atoms with Crippen LogP contribution in [0.15, 0.2) is 60.9 Å². The number of ether oxygens (including phenoxy) is 1. The summed E-state index contributed by atoms with van der Waals surface area (Å²) in [6.45, 7) is 2.15. The van der Waals surface area contributed by atoms with Crippen LogP contribution in [0.3, 0.4) is 0 Å². The van der Waals surface area contributed by atoms with Gasteiger partial charge in [0.05, 0.1) is 17.8 Å². The normalized spacial score (nSPS) is 11.0. The topological polar surface area (TPSA) is 52.1 Å². The lowest BCUT2D eigenvalue weighted by molar-refractivity contribution is -0.137. The number of pyridine rings is 2. The predicted octanol–water partition coefficient (Wildman–Crippen LogP) is 3.87. The van der Waals surface area contributed by atoms with Crippen molar-refractivity contribution in [1.82, 2.24) is 9.97 Å². The highest BCUT2D eigenvalue weighted by Gasteiger charge is 2.06. The van der Waals surface area contributed by atoms with E-state index >= 15 is 0 Å². The van der Waals surface area contributed by atoms with Gasteiger partial charge in [0.1, 0.15) is 0 Å². The van der Waals surface area contributed by atoms with E-state index in [2.05, 4.69) is 4.98 Å². The predicted molar refractivity (Wildman–Crippen MR) is 90.6 cm³/mol. The number of rotatable bonds is 4. The molecule has 2 aromatic heterocycles. The zero-order valence-corrected chi connectivity index (χ0v) is 12.8. The lowest BCUT2D eigenvalue weighted by atomic mass is 10.0. The van der Waals surface area contributed by atoms with Crippen LogP contribution < -0.4 is 0 Å².